The van der Waals surface area contributed by atoms with Gasteiger partial charge in [-0.05, 0) is 44.0 Å². The van der Waals surface area contributed by atoms with E-state index >= 15 is 0 Å². The number of rotatable bonds is 9. The van der Waals surface area contributed by atoms with E-state index < -0.39 is 0 Å². The Morgan fingerprint density at radius 2 is 2.13 bits per heavy atom. The van der Waals surface area contributed by atoms with Crippen molar-refractivity contribution in [3.8, 4) is 11.5 Å². The number of methoxy groups -OCH3 is 2. The molecule has 0 bridgehead atoms. The van der Waals surface area contributed by atoms with Crippen molar-refractivity contribution in [2.45, 2.75) is 26.3 Å². The summed E-state index contributed by atoms with van der Waals surface area (Å²) in [5.74, 6) is 0.872. The minimum atomic E-state index is -0.169. The quantitative estimate of drug-likeness (QED) is 0.700. The molecule has 1 N–H and O–H groups in total. The molecular weight excluding hydrogens is 318 g/mol. The fourth-order valence-corrected chi connectivity index (χ4v) is 2.22. The lowest BCUT2D eigenvalue weighted by Gasteiger charge is -2.12. The minimum Gasteiger partial charge on any atom is -0.493 e. The van der Waals surface area contributed by atoms with E-state index in [0.717, 1.165) is 12.0 Å². The van der Waals surface area contributed by atoms with Crippen molar-refractivity contribution in [1.82, 2.24) is 5.32 Å². The van der Waals surface area contributed by atoms with E-state index in [2.05, 4.69) is 5.32 Å². The van der Waals surface area contributed by atoms with Crippen LogP contribution >= 0.6 is 11.6 Å². The molecule has 0 aromatic heterocycles. The van der Waals surface area contributed by atoms with Crippen LogP contribution in [-0.2, 0) is 9.53 Å². The number of hydrogen-bond acceptors (Lipinski definition) is 4. The molecule has 0 aliphatic carbocycles. The predicted octanol–water partition coefficient (Wildman–Crippen LogP) is 3.30. The highest BCUT2D eigenvalue weighted by atomic mass is 35.5. The monoisotopic (exact) mass is 341 g/mol. The summed E-state index contributed by atoms with van der Waals surface area (Å²) >= 11 is 6.20. The molecule has 1 aromatic carbocycles. The second-order valence-corrected chi connectivity index (χ2v) is 5.40. The topological polar surface area (TPSA) is 56.8 Å². The highest BCUT2D eigenvalue weighted by Crippen LogP contribution is 2.36. The van der Waals surface area contributed by atoms with Crippen LogP contribution in [0.4, 0.5) is 0 Å². The summed E-state index contributed by atoms with van der Waals surface area (Å²) in [6.07, 6.45) is 3.91. The molecule has 0 saturated carbocycles. The van der Waals surface area contributed by atoms with E-state index in [9.17, 15) is 4.79 Å². The van der Waals surface area contributed by atoms with Gasteiger partial charge in [0, 0.05) is 25.8 Å². The third-order valence-corrected chi connectivity index (χ3v) is 3.39. The fourth-order valence-electron chi connectivity index (χ4n) is 1.95. The molecule has 1 unspecified atom stereocenters. The molecule has 1 atom stereocenters. The van der Waals surface area contributed by atoms with E-state index in [1.54, 1.807) is 32.4 Å². The molecule has 23 heavy (non-hydrogen) atoms. The van der Waals surface area contributed by atoms with Gasteiger partial charge in [0.1, 0.15) is 0 Å². The molecule has 0 fully saturated rings. The first kappa shape index (κ1) is 19.3. The lowest BCUT2D eigenvalue weighted by atomic mass is 10.1. The Morgan fingerprint density at radius 1 is 1.39 bits per heavy atom. The maximum atomic E-state index is 11.9. The van der Waals surface area contributed by atoms with Gasteiger partial charge < -0.3 is 19.5 Å². The Bertz CT molecular complexity index is 546. The second kappa shape index (κ2) is 10.1. The molecule has 1 aromatic rings. The van der Waals surface area contributed by atoms with E-state index in [1.165, 1.54) is 6.08 Å². The molecule has 0 saturated heterocycles. The first-order chi connectivity index (χ1) is 11.0. The van der Waals surface area contributed by atoms with Crippen LogP contribution in [0, 0.1) is 0 Å². The third-order valence-electron chi connectivity index (χ3n) is 3.11. The van der Waals surface area contributed by atoms with Crippen LogP contribution in [0.15, 0.2) is 18.2 Å². The zero-order valence-electron chi connectivity index (χ0n) is 14.0. The summed E-state index contributed by atoms with van der Waals surface area (Å²) in [5, 5.41) is 3.31. The van der Waals surface area contributed by atoms with Crippen LogP contribution < -0.4 is 14.8 Å². The number of halogens is 1. The van der Waals surface area contributed by atoms with Crippen molar-refractivity contribution in [1.29, 1.82) is 0 Å². The van der Waals surface area contributed by atoms with E-state index in [4.69, 9.17) is 25.8 Å². The lowest BCUT2D eigenvalue weighted by molar-refractivity contribution is -0.117. The number of nitrogens with one attached hydrogen (secondary N) is 1. The number of carbonyl (C=O) groups excluding carboxylic acids is 1. The minimum absolute atomic E-state index is 0.0468. The van der Waals surface area contributed by atoms with E-state index in [0.29, 0.717) is 29.7 Å². The molecule has 5 nitrogen and oxygen atoms in total. The standard InChI is InChI=1S/C17H24ClNO4/c1-5-23-17-14(18)10-13(11-15(17)22-4)6-7-16(20)19-12(2)8-9-21-3/h6-7,10-12H,5,8-9H2,1-4H3,(H,19,20). The van der Waals surface area contributed by atoms with E-state index in [-0.39, 0.29) is 11.9 Å². The van der Waals surface area contributed by atoms with Gasteiger partial charge in [-0.1, -0.05) is 11.6 Å². The molecule has 1 amide bonds. The Labute approximate surface area is 142 Å². The molecule has 6 heteroatoms. The maximum Gasteiger partial charge on any atom is 0.244 e. The first-order valence-electron chi connectivity index (χ1n) is 7.49. The van der Waals surface area contributed by atoms with Crippen molar-refractivity contribution in [2.24, 2.45) is 0 Å². The van der Waals surface area contributed by atoms with Crippen molar-refractivity contribution < 1.29 is 19.0 Å². The molecule has 0 heterocycles. The van der Waals surface area contributed by atoms with E-state index in [1.807, 2.05) is 13.8 Å². The number of benzene rings is 1. The zero-order chi connectivity index (χ0) is 17.2. The molecule has 0 radical (unpaired) electrons. The molecule has 128 valence electrons. The average molecular weight is 342 g/mol. The fraction of sp³-hybridized carbons (Fsp3) is 0.471. The molecule has 0 spiro atoms. The van der Waals surface area contributed by atoms with Gasteiger partial charge in [-0.3, -0.25) is 4.79 Å². The van der Waals surface area contributed by atoms with Gasteiger partial charge in [-0.25, -0.2) is 0 Å². The Morgan fingerprint density at radius 3 is 2.74 bits per heavy atom. The van der Waals surface area contributed by atoms with Gasteiger partial charge in [0.05, 0.1) is 18.7 Å². The smallest absolute Gasteiger partial charge is 0.244 e. The van der Waals surface area contributed by atoms with Crippen LogP contribution in [-0.4, -0.2) is 39.4 Å². The summed E-state index contributed by atoms with van der Waals surface area (Å²) < 4.78 is 15.7. The number of hydrogen-bond donors (Lipinski definition) is 1. The first-order valence-corrected chi connectivity index (χ1v) is 7.87. The van der Waals surface area contributed by atoms with Gasteiger partial charge in [0.15, 0.2) is 11.5 Å². The Hall–Kier alpha value is -1.72. The van der Waals surface area contributed by atoms with Gasteiger partial charge >= 0.3 is 0 Å². The number of amides is 1. The van der Waals surface area contributed by atoms with Crippen LogP contribution in [0.1, 0.15) is 25.8 Å². The predicted molar refractivity (Wildman–Crippen MR) is 92.3 cm³/mol. The second-order valence-electron chi connectivity index (χ2n) is 4.99. The maximum absolute atomic E-state index is 11.9. The Kier molecular flexibility index (Phi) is 8.51. The van der Waals surface area contributed by atoms with Crippen LogP contribution in [0.3, 0.4) is 0 Å². The highest BCUT2D eigenvalue weighted by molar-refractivity contribution is 6.32. The average Bonchev–Trinajstić information content (AvgIpc) is 2.53. The summed E-state index contributed by atoms with van der Waals surface area (Å²) in [4.78, 5) is 11.9. The van der Waals surface area contributed by atoms with Crippen LogP contribution in [0.25, 0.3) is 6.08 Å². The lowest BCUT2D eigenvalue weighted by Crippen LogP contribution is -2.31. The van der Waals surface area contributed by atoms with Gasteiger partial charge in [0.2, 0.25) is 5.91 Å². The van der Waals surface area contributed by atoms with Crippen molar-refractivity contribution in [2.75, 3.05) is 27.4 Å². The summed E-state index contributed by atoms with van der Waals surface area (Å²) in [6.45, 7) is 4.91. The van der Waals surface area contributed by atoms with Crippen LogP contribution in [0.2, 0.25) is 5.02 Å². The molecule has 0 aliphatic heterocycles. The zero-order valence-corrected chi connectivity index (χ0v) is 14.8. The highest BCUT2D eigenvalue weighted by Gasteiger charge is 2.11. The number of ether oxygens (including phenoxy) is 3. The third kappa shape index (κ3) is 6.50. The molecular formula is C17H24ClNO4. The van der Waals surface area contributed by atoms with Crippen molar-refractivity contribution >= 4 is 23.6 Å². The largest absolute Gasteiger partial charge is 0.493 e. The summed E-state index contributed by atoms with van der Waals surface area (Å²) in [5.41, 5.74) is 0.759. The van der Waals surface area contributed by atoms with Crippen LogP contribution in [0.5, 0.6) is 11.5 Å². The van der Waals surface area contributed by atoms with Gasteiger partial charge in [-0.2, -0.15) is 0 Å². The summed E-state index contributed by atoms with van der Waals surface area (Å²) in [7, 11) is 3.18. The van der Waals surface area contributed by atoms with Gasteiger partial charge in [0.25, 0.3) is 0 Å². The normalized spacial score (nSPS) is 12.2. The van der Waals surface area contributed by atoms with Crippen molar-refractivity contribution in [3.05, 3.63) is 28.8 Å². The number of carbonyl (C=O) groups is 1. The molecule has 1 rings (SSSR count). The molecule has 0 aliphatic rings. The van der Waals surface area contributed by atoms with Gasteiger partial charge in [-0.15, -0.1) is 0 Å². The Balaban J connectivity index is 2.76. The van der Waals surface area contributed by atoms with Crippen molar-refractivity contribution in [3.63, 3.8) is 0 Å². The summed E-state index contributed by atoms with van der Waals surface area (Å²) in [6, 6.07) is 3.55. The SMILES string of the molecule is CCOc1c(Cl)cc(C=CC(=O)NC(C)CCOC)cc1OC.